The summed E-state index contributed by atoms with van der Waals surface area (Å²) in [4.78, 5) is 13.8. The van der Waals surface area contributed by atoms with Gasteiger partial charge in [-0.1, -0.05) is 19.9 Å². The molecule has 0 bridgehead atoms. The molecule has 0 aromatic carbocycles. The number of hydrogen-bond donors (Lipinski definition) is 1. The Balaban J connectivity index is 0.00000450. The van der Waals surface area contributed by atoms with Crippen molar-refractivity contribution in [2.24, 2.45) is 12.0 Å². The van der Waals surface area contributed by atoms with E-state index in [1.165, 1.54) is 5.56 Å². The molecule has 0 fully saturated rings. The lowest BCUT2D eigenvalue weighted by Crippen LogP contribution is -2.38. The summed E-state index contributed by atoms with van der Waals surface area (Å²) < 4.78 is 1.89. The summed E-state index contributed by atoms with van der Waals surface area (Å²) in [6.45, 7) is 14.9. The minimum absolute atomic E-state index is 0. The summed E-state index contributed by atoms with van der Waals surface area (Å²) in [5.41, 5.74) is 3.49. The third-order valence-corrected chi connectivity index (χ3v) is 4.90. The first-order valence-electron chi connectivity index (χ1n) is 10.6. The van der Waals surface area contributed by atoms with E-state index in [-0.39, 0.29) is 24.0 Å². The minimum atomic E-state index is 0. The van der Waals surface area contributed by atoms with Crippen LogP contribution in [-0.2, 0) is 20.1 Å². The van der Waals surface area contributed by atoms with Crippen molar-refractivity contribution in [2.75, 3.05) is 31.6 Å². The maximum Gasteiger partial charge on any atom is 0.194 e. The van der Waals surface area contributed by atoms with Crippen molar-refractivity contribution >= 4 is 35.8 Å². The predicted molar refractivity (Wildman–Crippen MR) is 137 cm³/mol. The largest absolute Gasteiger partial charge is 0.357 e. The Hall–Kier alpha value is -1.84. The number of anilines is 1. The van der Waals surface area contributed by atoms with Crippen LogP contribution >= 0.6 is 24.0 Å². The third kappa shape index (κ3) is 7.14. The van der Waals surface area contributed by atoms with Crippen molar-refractivity contribution < 1.29 is 0 Å². The average molecular weight is 527 g/mol. The molecule has 8 heteroatoms. The molecule has 0 radical (unpaired) electrons. The summed E-state index contributed by atoms with van der Waals surface area (Å²) >= 11 is 0. The zero-order valence-electron chi connectivity index (χ0n) is 19.5. The van der Waals surface area contributed by atoms with Crippen molar-refractivity contribution in [3.63, 3.8) is 0 Å². The molecule has 0 aliphatic carbocycles. The van der Waals surface area contributed by atoms with Gasteiger partial charge in [0.15, 0.2) is 5.96 Å². The molecule has 2 aromatic heterocycles. The monoisotopic (exact) mass is 527 g/mol. The van der Waals surface area contributed by atoms with Gasteiger partial charge in [0.2, 0.25) is 0 Å². The lowest BCUT2D eigenvalue weighted by molar-refractivity contribution is 0.473. The van der Waals surface area contributed by atoms with Crippen LogP contribution in [0.15, 0.2) is 29.5 Å². The van der Waals surface area contributed by atoms with E-state index < -0.39 is 0 Å². The number of aliphatic imine (C=N–C) groups is 1. The number of aryl methyl sites for hydroxylation is 1. The Bertz CT molecular complexity index is 779. The van der Waals surface area contributed by atoms with Crippen molar-refractivity contribution in [3.8, 4) is 0 Å². The van der Waals surface area contributed by atoms with Gasteiger partial charge in [-0.3, -0.25) is 4.68 Å². The fourth-order valence-electron chi connectivity index (χ4n) is 3.37. The van der Waals surface area contributed by atoms with Crippen LogP contribution in [0.5, 0.6) is 0 Å². The average Bonchev–Trinajstić information content (AvgIpc) is 3.07. The van der Waals surface area contributed by atoms with E-state index in [9.17, 15) is 0 Å². The molecule has 0 aliphatic rings. The van der Waals surface area contributed by atoms with Crippen LogP contribution in [0.2, 0.25) is 0 Å². The summed E-state index contributed by atoms with van der Waals surface area (Å²) in [6.07, 6.45) is 4.03. The molecule has 7 nitrogen and oxygen atoms in total. The van der Waals surface area contributed by atoms with Crippen molar-refractivity contribution in [2.45, 2.75) is 53.6 Å². The van der Waals surface area contributed by atoms with E-state index in [1.54, 1.807) is 0 Å². The number of rotatable bonds is 9. The molecule has 30 heavy (non-hydrogen) atoms. The maximum atomic E-state index is 4.83. The van der Waals surface area contributed by atoms with Crippen LogP contribution in [0.4, 0.5) is 5.82 Å². The minimum Gasteiger partial charge on any atom is -0.357 e. The first-order valence-corrected chi connectivity index (χ1v) is 10.6. The van der Waals surface area contributed by atoms with Gasteiger partial charge >= 0.3 is 0 Å². The fraction of sp³-hybridized carbons (Fsp3) is 0.591. The van der Waals surface area contributed by atoms with E-state index >= 15 is 0 Å². The Morgan fingerprint density at radius 1 is 1.20 bits per heavy atom. The normalized spacial score (nSPS) is 11.4. The zero-order chi connectivity index (χ0) is 21.4. The molecule has 2 heterocycles. The van der Waals surface area contributed by atoms with Gasteiger partial charge in [-0.05, 0) is 38.3 Å². The molecule has 168 valence electrons. The number of halogens is 1. The van der Waals surface area contributed by atoms with E-state index in [2.05, 4.69) is 85.2 Å². The topological polar surface area (TPSA) is 61.6 Å². The van der Waals surface area contributed by atoms with Gasteiger partial charge in [0.25, 0.3) is 0 Å². The highest BCUT2D eigenvalue weighted by Gasteiger charge is 2.15. The highest BCUT2D eigenvalue weighted by molar-refractivity contribution is 14.0. The van der Waals surface area contributed by atoms with Gasteiger partial charge in [-0.25, -0.2) is 9.98 Å². The van der Waals surface area contributed by atoms with Gasteiger partial charge in [-0.2, -0.15) is 5.10 Å². The maximum absolute atomic E-state index is 4.83. The Morgan fingerprint density at radius 2 is 1.90 bits per heavy atom. The second-order valence-electron chi connectivity index (χ2n) is 7.59. The molecule has 0 aliphatic heterocycles. The van der Waals surface area contributed by atoms with Gasteiger partial charge in [0.1, 0.15) is 5.82 Å². The number of aromatic nitrogens is 3. The molecule has 2 rings (SSSR count). The number of guanidine groups is 1. The van der Waals surface area contributed by atoms with E-state index in [4.69, 9.17) is 4.99 Å². The van der Waals surface area contributed by atoms with Crippen LogP contribution in [0.3, 0.4) is 0 Å². The summed E-state index contributed by atoms with van der Waals surface area (Å²) in [7, 11) is 4.05. The standard InChI is InChI=1S/C22H37N7.HI/c1-8-23-22(27(6)15-19-16-28(7)26-21(19)17(4)5)25-14-18-11-12-20(24-13-18)29(9-2)10-3;/h11-13,16-17H,8-10,14-15H2,1-7H3,(H,23,25);1H. The van der Waals surface area contributed by atoms with E-state index in [0.29, 0.717) is 12.5 Å². The third-order valence-electron chi connectivity index (χ3n) is 4.90. The molecule has 0 atom stereocenters. The Morgan fingerprint density at radius 3 is 2.43 bits per heavy atom. The molecule has 0 saturated heterocycles. The smallest absolute Gasteiger partial charge is 0.194 e. The fourth-order valence-corrected chi connectivity index (χ4v) is 3.37. The van der Waals surface area contributed by atoms with Crippen molar-refractivity contribution in [1.82, 2.24) is 25.0 Å². The first-order chi connectivity index (χ1) is 13.9. The quantitative estimate of drug-likeness (QED) is 0.304. The highest BCUT2D eigenvalue weighted by atomic mass is 127. The number of pyridine rings is 1. The lowest BCUT2D eigenvalue weighted by Gasteiger charge is -2.22. The number of nitrogens with zero attached hydrogens (tertiary/aromatic N) is 6. The van der Waals surface area contributed by atoms with Gasteiger partial charge in [0.05, 0.1) is 12.2 Å². The molecular formula is C22H38IN7. The summed E-state index contributed by atoms with van der Waals surface area (Å²) in [5.74, 6) is 2.30. The van der Waals surface area contributed by atoms with Crippen molar-refractivity contribution in [1.29, 1.82) is 0 Å². The molecule has 1 N–H and O–H groups in total. The number of hydrogen-bond acceptors (Lipinski definition) is 4. The van der Waals surface area contributed by atoms with Gasteiger partial charge < -0.3 is 15.1 Å². The highest BCUT2D eigenvalue weighted by Crippen LogP contribution is 2.18. The second-order valence-corrected chi connectivity index (χ2v) is 7.59. The van der Waals surface area contributed by atoms with Crippen LogP contribution in [0, 0.1) is 0 Å². The van der Waals surface area contributed by atoms with Crippen LogP contribution in [-0.4, -0.2) is 52.3 Å². The van der Waals surface area contributed by atoms with E-state index in [0.717, 1.165) is 49.2 Å². The SMILES string of the molecule is CCNC(=NCc1ccc(N(CC)CC)nc1)N(C)Cc1cn(C)nc1C(C)C.I. The second kappa shape index (κ2) is 12.8. The number of nitrogens with one attached hydrogen (secondary N) is 1. The Kier molecular flexibility index (Phi) is 11.1. The molecule has 0 unspecified atom stereocenters. The van der Waals surface area contributed by atoms with Crippen LogP contribution in [0.1, 0.15) is 57.4 Å². The van der Waals surface area contributed by atoms with Gasteiger partial charge in [-0.15, -0.1) is 24.0 Å². The molecular weight excluding hydrogens is 489 g/mol. The van der Waals surface area contributed by atoms with Crippen molar-refractivity contribution in [3.05, 3.63) is 41.3 Å². The predicted octanol–water partition coefficient (Wildman–Crippen LogP) is 4.00. The summed E-state index contributed by atoms with van der Waals surface area (Å²) in [5, 5.41) is 8.01. The molecule has 0 saturated carbocycles. The molecule has 2 aromatic rings. The van der Waals surface area contributed by atoms with Crippen LogP contribution in [0.25, 0.3) is 0 Å². The Labute approximate surface area is 199 Å². The lowest BCUT2D eigenvalue weighted by atomic mass is 10.1. The first kappa shape index (κ1) is 26.2. The van der Waals surface area contributed by atoms with E-state index in [1.807, 2.05) is 17.9 Å². The molecule has 0 spiro atoms. The van der Waals surface area contributed by atoms with Gasteiger partial charge in [0, 0.05) is 58.2 Å². The summed E-state index contributed by atoms with van der Waals surface area (Å²) in [6, 6.07) is 4.20. The van der Waals surface area contributed by atoms with Crippen LogP contribution < -0.4 is 10.2 Å². The zero-order valence-corrected chi connectivity index (χ0v) is 21.8. The molecule has 0 amide bonds.